The number of benzene rings is 1. The lowest BCUT2D eigenvalue weighted by atomic mass is 9.87. The minimum absolute atomic E-state index is 0.0194. The Morgan fingerprint density at radius 3 is 2.73 bits per heavy atom. The summed E-state index contributed by atoms with van der Waals surface area (Å²) in [5, 5.41) is 3.27. The number of hydrogen-bond donors (Lipinski definition) is 1. The summed E-state index contributed by atoms with van der Waals surface area (Å²) in [6.07, 6.45) is 0.988. The molecule has 0 amide bonds. The summed E-state index contributed by atoms with van der Waals surface area (Å²) in [7, 11) is 1.80. The summed E-state index contributed by atoms with van der Waals surface area (Å²) in [6, 6.07) is 6.42. The molecule has 0 atom stereocenters. The van der Waals surface area contributed by atoms with Gasteiger partial charge in [0.1, 0.15) is 0 Å². The van der Waals surface area contributed by atoms with Gasteiger partial charge in [0.25, 0.3) is 0 Å². The maximum atomic E-state index is 5.59. The Kier molecular flexibility index (Phi) is 3.14. The Labute approximate surface area is 99.1 Å². The average molecular weight is 270 g/mol. The predicted octanol–water partition coefficient (Wildman–Crippen LogP) is 2.29. The fourth-order valence-electron chi connectivity index (χ4n) is 1.92. The lowest BCUT2D eigenvalue weighted by molar-refractivity contribution is -0.0503. The van der Waals surface area contributed by atoms with Crippen LogP contribution in [-0.4, -0.2) is 25.8 Å². The molecule has 0 radical (unpaired) electrons. The minimum atomic E-state index is 0.0194. The van der Waals surface area contributed by atoms with Crippen molar-refractivity contribution < 1.29 is 4.74 Å². The second-order valence-electron chi connectivity index (χ2n) is 4.24. The van der Waals surface area contributed by atoms with Gasteiger partial charge in [-0.05, 0) is 30.2 Å². The van der Waals surface area contributed by atoms with Crippen molar-refractivity contribution in [2.75, 3.05) is 20.2 Å². The highest BCUT2D eigenvalue weighted by molar-refractivity contribution is 9.10. The van der Waals surface area contributed by atoms with Crippen molar-refractivity contribution in [3.63, 3.8) is 0 Å². The summed E-state index contributed by atoms with van der Waals surface area (Å²) >= 11 is 3.51. The second-order valence-corrected chi connectivity index (χ2v) is 5.15. The van der Waals surface area contributed by atoms with Gasteiger partial charge in [-0.2, -0.15) is 0 Å². The summed E-state index contributed by atoms with van der Waals surface area (Å²) in [6.45, 7) is 4.06. The first kappa shape index (κ1) is 11.1. The van der Waals surface area contributed by atoms with Crippen molar-refractivity contribution in [1.29, 1.82) is 0 Å². The molecule has 2 nitrogen and oxygen atoms in total. The Balaban J connectivity index is 2.19. The first-order chi connectivity index (χ1) is 7.15. The molecular formula is C12H16BrNO. The average Bonchev–Trinajstić information content (AvgIpc) is 2.17. The smallest absolute Gasteiger partial charge is 0.0966 e. The largest absolute Gasteiger partial charge is 0.375 e. The van der Waals surface area contributed by atoms with Gasteiger partial charge in [-0.25, -0.2) is 0 Å². The number of hydrogen-bond acceptors (Lipinski definition) is 2. The second kappa shape index (κ2) is 4.24. The Morgan fingerprint density at radius 2 is 2.20 bits per heavy atom. The van der Waals surface area contributed by atoms with E-state index >= 15 is 0 Å². The van der Waals surface area contributed by atoms with Crippen LogP contribution in [-0.2, 0) is 11.2 Å². The van der Waals surface area contributed by atoms with Gasteiger partial charge in [0.15, 0.2) is 0 Å². The third-order valence-corrected chi connectivity index (χ3v) is 3.64. The maximum absolute atomic E-state index is 5.59. The highest BCUT2D eigenvalue weighted by atomic mass is 79.9. The summed E-state index contributed by atoms with van der Waals surface area (Å²) < 4.78 is 6.74. The van der Waals surface area contributed by atoms with E-state index < -0.39 is 0 Å². The monoisotopic (exact) mass is 269 g/mol. The Hall–Kier alpha value is -0.380. The van der Waals surface area contributed by atoms with Gasteiger partial charge in [0, 0.05) is 31.1 Å². The molecule has 0 bridgehead atoms. The van der Waals surface area contributed by atoms with Crippen molar-refractivity contribution in [2.24, 2.45) is 0 Å². The zero-order valence-corrected chi connectivity index (χ0v) is 10.7. The molecule has 0 spiro atoms. The van der Waals surface area contributed by atoms with Gasteiger partial charge >= 0.3 is 0 Å². The fourth-order valence-corrected chi connectivity index (χ4v) is 2.33. The first-order valence-corrected chi connectivity index (χ1v) is 5.95. The molecule has 82 valence electrons. The van der Waals surface area contributed by atoms with Gasteiger partial charge in [-0.3, -0.25) is 0 Å². The number of nitrogens with one attached hydrogen (secondary N) is 1. The predicted molar refractivity (Wildman–Crippen MR) is 65.2 cm³/mol. The zero-order chi connectivity index (χ0) is 10.9. The van der Waals surface area contributed by atoms with Crippen LogP contribution < -0.4 is 5.32 Å². The van der Waals surface area contributed by atoms with E-state index in [9.17, 15) is 0 Å². The van der Waals surface area contributed by atoms with Crippen LogP contribution in [0.1, 0.15) is 11.1 Å². The molecule has 1 heterocycles. The first-order valence-electron chi connectivity index (χ1n) is 5.16. The van der Waals surface area contributed by atoms with Gasteiger partial charge in [0.2, 0.25) is 0 Å². The summed E-state index contributed by atoms with van der Waals surface area (Å²) in [5.74, 6) is 0. The van der Waals surface area contributed by atoms with Crippen molar-refractivity contribution >= 4 is 15.9 Å². The Morgan fingerprint density at radius 1 is 1.47 bits per heavy atom. The van der Waals surface area contributed by atoms with Gasteiger partial charge in [-0.15, -0.1) is 0 Å². The molecule has 0 unspecified atom stereocenters. The molecule has 0 aromatic heterocycles. The van der Waals surface area contributed by atoms with Crippen LogP contribution in [0.2, 0.25) is 0 Å². The van der Waals surface area contributed by atoms with E-state index in [2.05, 4.69) is 46.4 Å². The molecule has 15 heavy (non-hydrogen) atoms. The van der Waals surface area contributed by atoms with Gasteiger partial charge in [0.05, 0.1) is 5.60 Å². The van der Waals surface area contributed by atoms with Crippen molar-refractivity contribution in [3.05, 3.63) is 33.8 Å². The van der Waals surface area contributed by atoms with Crippen molar-refractivity contribution in [2.45, 2.75) is 18.9 Å². The SMILES string of the molecule is COC1(Cc2cc(Br)ccc2C)CNC1. The topological polar surface area (TPSA) is 21.3 Å². The van der Waals surface area contributed by atoms with Crippen LogP contribution in [0.3, 0.4) is 0 Å². The molecule has 1 aromatic rings. The number of ether oxygens (including phenoxy) is 1. The molecule has 1 aliphatic heterocycles. The molecule has 1 aromatic carbocycles. The van der Waals surface area contributed by atoms with E-state index in [0.717, 1.165) is 24.0 Å². The lowest BCUT2D eigenvalue weighted by Gasteiger charge is -2.41. The molecule has 3 heteroatoms. The van der Waals surface area contributed by atoms with Gasteiger partial charge in [-0.1, -0.05) is 22.0 Å². The molecular weight excluding hydrogens is 254 g/mol. The molecule has 1 N–H and O–H groups in total. The van der Waals surface area contributed by atoms with E-state index in [1.54, 1.807) is 7.11 Å². The number of rotatable bonds is 3. The van der Waals surface area contributed by atoms with E-state index in [1.807, 2.05) is 0 Å². The van der Waals surface area contributed by atoms with E-state index in [1.165, 1.54) is 11.1 Å². The van der Waals surface area contributed by atoms with Crippen LogP contribution in [0.25, 0.3) is 0 Å². The number of aryl methyl sites for hydroxylation is 1. The lowest BCUT2D eigenvalue weighted by Crippen LogP contribution is -2.61. The van der Waals surface area contributed by atoms with Crippen molar-refractivity contribution in [3.8, 4) is 0 Å². The molecule has 1 fully saturated rings. The Bertz CT molecular complexity index is 355. The zero-order valence-electron chi connectivity index (χ0n) is 9.14. The quantitative estimate of drug-likeness (QED) is 0.909. The minimum Gasteiger partial charge on any atom is -0.375 e. The van der Waals surface area contributed by atoms with Crippen molar-refractivity contribution in [1.82, 2.24) is 5.32 Å². The van der Waals surface area contributed by atoms with E-state index in [-0.39, 0.29) is 5.60 Å². The number of methoxy groups -OCH3 is 1. The van der Waals surface area contributed by atoms with Crippen LogP contribution >= 0.6 is 15.9 Å². The third-order valence-electron chi connectivity index (χ3n) is 3.15. The van der Waals surface area contributed by atoms with Crippen LogP contribution in [0.4, 0.5) is 0 Å². The maximum Gasteiger partial charge on any atom is 0.0966 e. The van der Waals surface area contributed by atoms with Crippen LogP contribution in [0.15, 0.2) is 22.7 Å². The highest BCUT2D eigenvalue weighted by Crippen LogP contribution is 2.25. The molecule has 0 aliphatic carbocycles. The van der Waals surface area contributed by atoms with Crippen LogP contribution in [0, 0.1) is 6.92 Å². The van der Waals surface area contributed by atoms with E-state index in [0.29, 0.717) is 0 Å². The van der Waals surface area contributed by atoms with E-state index in [4.69, 9.17) is 4.74 Å². The summed E-state index contributed by atoms with van der Waals surface area (Å²) in [5.41, 5.74) is 2.72. The van der Waals surface area contributed by atoms with Gasteiger partial charge < -0.3 is 10.1 Å². The molecule has 1 saturated heterocycles. The number of halogens is 1. The molecule has 2 rings (SSSR count). The third kappa shape index (κ3) is 2.25. The van der Waals surface area contributed by atoms with Crippen LogP contribution in [0.5, 0.6) is 0 Å². The molecule has 0 saturated carbocycles. The normalized spacial score (nSPS) is 18.6. The highest BCUT2D eigenvalue weighted by Gasteiger charge is 2.37. The summed E-state index contributed by atoms with van der Waals surface area (Å²) in [4.78, 5) is 0. The fraction of sp³-hybridized carbons (Fsp3) is 0.500. The molecule has 1 aliphatic rings. The standard InChI is InChI=1S/C12H16BrNO/c1-9-3-4-11(13)5-10(9)6-12(15-2)7-14-8-12/h3-5,14H,6-8H2,1-2H3.